The summed E-state index contributed by atoms with van der Waals surface area (Å²) >= 11 is 7.59. The van der Waals surface area contributed by atoms with E-state index in [1.165, 1.54) is 41.5 Å². The number of carbonyl (C=O) groups excluding carboxylic acids is 3. The van der Waals surface area contributed by atoms with Gasteiger partial charge in [0, 0.05) is 29.8 Å². The number of halogens is 1. The molecule has 4 atom stereocenters. The summed E-state index contributed by atoms with van der Waals surface area (Å²) in [5, 5.41) is 16.3. The van der Waals surface area contributed by atoms with E-state index in [0.29, 0.717) is 21.6 Å². The van der Waals surface area contributed by atoms with Crippen molar-refractivity contribution in [2.75, 3.05) is 37.0 Å². The predicted octanol–water partition coefficient (Wildman–Crippen LogP) is 4.21. The van der Waals surface area contributed by atoms with E-state index in [4.69, 9.17) is 16.3 Å². The molecule has 0 aliphatic carbocycles. The van der Waals surface area contributed by atoms with Gasteiger partial charge in [-0.1, -0.05) is 36.4 Å². The number of hydrogen-bond acceptors (Lipinski definition) is 10. The van der Waals surface area contributed by atoms with E-state index < -0.39 is 51.7 Å². The highest BCUT2D eigenvalue weighted by atomic mass is 35.5. The fourth-order valence-corrected chi connectivity index (χ4v) is 7.80. The first-order valence-corrected chi connectivity index (χ1v) is 17.6. The average molecular weight is 716 g/mol. The van der Waals surface area contributed by atoms with E-state index in [2.05, 4.69) is 20.4 Å². The molecule has 0 saturated carbocycles. The van der Waals surface area contributed by atoms with Gasteiger partial charge in [-0.2, -0.15) is 4.31 Å². The Bertz CT molecular complexity index is 1870. The average Bonchev–Trinajstić information content (AvgIpc) is 3.70. The summed E-state index contributed by atoms with van der Waals surface area (Å²) < 4.78 is 39.5. The molecule has 1 aliphatic heterocycles. The molecular weight excluding hydrogens is 682 g/mol. The number of amides is 3. The van der Waals surface area contributed by atoms with Crippen molar-refractivity contribution in [2.24, 2.45) is 0 Å². The van der Waals surface area contributed by atoms with Crippen LogP contribution in [-0.4, -0.2) is 91.3 Å². The van der Waals surface area contributed by atoms with Crippen molar-refractivity contribution in [2.45, 2.75) is 41.9 Å². The summed E-state index contributed by atoms with van der Waals surface area (Å²) in [6.07, 6.45) is -3.95. The zero-order valence-corrected chi connectivity index (χ0v) is 28.4. The summed E-state index contributed by atoms with van der Waals surface area (Å²) in [6.45, 7) is 1.01. The molecule has 0 radical (unpaired) electrons. The van der Waals surface area contributed by atoms with Crippen molar-refractivity contribution in [3.8, 4) is 0 Å². The van der Waals surface area contributed by atoms with E-state index in [9.17, 15) is 27.9 Å². The Balaban J connectivity index is 1.35. The summed E-state index contributed by atoms with van der Waals surface area (Å²) in [4.78, 5) is 43.5. The van der Waals surface area contributed by atoms with E-state index in [-0.39, 0.29) is 31.0 Å². The van der Waals surface area contributed by atoms with Gasteiger partial charge >= 0.3 is 12.2 Å². The van der Waals surface area contributed by atoms with Gasteiger partial charge in [0.2, 0.25) is 10.0 Å². The third kappa shape index (κ3) is 8.41. The highest BCUT2D eigenvalue weighted by Crippen LogP contribution is 2.27. The molecule has 3 unspecified atom stereocenters. The second kappa shape index (κ2) is 15.3. The number of cyclic esters (lactones) is 1. The van der Waals surface area contributed by atoms with Crippen molar-refractivity contribution in [3.63, 3.8) is 0 Å². The molecule has 1 aliphatic rings. The lowest BCUT2D eigenvalue weighted by molar-refractivity contribution is -0.129. The number of nitrogens with one attached hydrogen (secondary N) is 2. The molecule has 3 amide bonds. The predicted molar refractivity (Wildman–Crippen MR) is 182 cm³/mol. The Morgan fingerprint density at radius 2 is 1.92 bits per heavy atom. The Morgan fingerprint density at radius 3 is 2.65 bits per heavy atom. The second-order valence-corrected chi connectivity index (χ2v) is 14.7. The van der Waals surface area contributed by atoms with Crippen LogP contribution < -0.4 is 15.5 Å². The molecule has 2 heterocycles. The first-order chi connectivity index (χ1) is 22.9. The Hall–Kier alpha value is -4.28. The molecule has 3 aromatic carbocycles. The molecule has 1 saturated heterocycles. The van der Waals surface area contributed by atoms with Crippen LogP contribution in [0.3, 0.4) is 0 Å². The van der Waals surface area contributed by atoms with Gasteiger partial charge in [-0.05, 0) is 55.3 Å². The highest BCUT2D eigenvalue weighted by Gasteiger charge is 2.39. The van der Waals surface area contributed by atoms with E-state index in [0.717, 1.165) is 9.87 Å². The number of fused-ring (bicyclic) bond motifs is 1. The summed E-state index contributed by atoms with van der Waals surface area (Å²) in [6, 6.07) is 19.1. The van der Waals surface area contributed by atoms with Crippen molar-refractivity contribution in [3.05, 3.63) is 83.9 Å². The van der Waals surface area contributed by atoms with E-state index in [1.54, 1.807) is 36.7 Å². The smallest absolute Gasteiger partial charge is 0.415 e. The zero-order valence-electron chi connectivity index (χ0n) is 26.0. The lowest BCUT2D eigenvalue weighted by Gasteiger charge is -2.30. The largest absolute Gasteiger partial charge is 0.453 e. The molecule has 1 aromatic heterocycles. The maximum atomic E-state index is 13.8. The number of thiazole rings is 1. The summed E-state index contributed by atoms with van der Waals surface area (Å²) in [5.74, 6) is -0.676. The van der Waals surface area contributed by atoms with Crippen LogP contribution >= 0.6 is 22.9 Å². The van der Waals surface area contributed by atoms with Crippen LogP contribution in [0.1, 0.15) is 12.5 Å². The Labute approximate surface area is 286 Å². The van der Waals surface area contributed by atoms with E-state index in [1.807, 2.05) is 30.3 Å². The van der Waals surface area contributed by atoms with Gasteiger partial charge in [0.25, 0.3) is 5.91 Å². The van der Waals surface area contributed by atoms with Crippen LogP contribution in [-0.2, 0) is 30.7 Å². The van der Waals surface area contributed by atoms with Gasteiger partial charge in [0.05, 0.1) is 46.4 Å². The number of rotatable bonds is 13. The van der Waals surface area contributed by atoms with Crippen LogP contribution in [0.15, 0.2) is 83.2 Å². The highest BCUT2D eigenvalue weighted by molar-refractivity contribution is 7.89. The number of carbonyl (C=O) groups is 3. The number of sulfonamides is 1. The van der Waals surface area contributed by atoms with Crippen LogP contribution in [0.4, 0.5) is 21.0 Å². The molecule has 254 valence electrons. The lowest BCUT2D eigenvalue weighted by atomic mass is 10.0. The maximum absolute atomic E-state index is 13.8. The lowest BCUT2D eigenvalue weighted by Crippen LogP contribution is -2.53. The molecule has 4 aromatic rings. The van der Waals surface area contributed by atoms with Gasteiger partial charge in [-0.15, -0.1) is 22.9 Å². The summed E-state index contributed by atoms with van der Waals surface area (Å²) in [5.41, 5.74) is 3.80. The number of alkyl halides is 1. The minimum atomic E-state index is -4.12. The number of aromatic nitrogens is 1. The number of anilines is 2. The Morgan fingerprint density at radius 1 is 1.15 bits per heavy atom. The minimum absolute atomic E-state index is 0.0243. The number of ether oxygens (including phenoxy) is 2. The molecule has 3 N–H and O–H groups in total. The van der Waals surface area contributed by atoms with Crippen molar-refractivity contribution < 1.29 is 37.4 Å². The van der Waals surface area contributed by atoms with Crippen molar-refractivity contribution >= 4 is 72.6 Å². The SMILES string of the molecule is COC(=O)Nc1cccc(N2CC(C(=O)NC(Cc3ccccc3)[C@H](O)CN(CC(C)Cl)S(=O)(=O)c3ccc4ncsc4c3)OC2=O)c1. The number of aliphatic hydroxyl groups is 1. The second-order valence-electron chi connectivity index (χ2n) is 11.1. The maximum Gasteiger partial charge on any atom is 0.415 e. The first-order valence-electron chi connectivity index (χ1n) is 14.9. The van der Waals surface area contributed by atoms with Crippen LogP contribution in [0, 0.1) is 0 Å². The molecule has 16 heteroatoms. The van der Waals surface area contributed by atoms with Crippen LogP contribution in [0.25, 0.3) is 10.2 Å². The quantitative estimate of drug-likeness (QED) is 0.172. The summed E-state index contributed by atoms with van der Waals surface area (Å²) in [7, 11) is -2.90. The molecule has 0 spiro atoms. The zero-order chi connectivity index (χ0) is 34.4. The standard InChI is InChI=1S/C32H34ClN5O8S2/c1-20(33)16-37(48(43,44)24-11-12-25-29(15-24)47-19-34-25)17-27(39)26(13-21-7-4-3-5-8-21)36-30(40)28-18-38(32(42)46-28)23-10-6-9-22(14-23)35-31(41)45-2/h3-12,14-15,19-20,26-28,39H,13,16-18H2,1-2H3,(H,35,41)(H,36,40)/t20?,26?,27-,28?/m1/s1. The monoisotopic (exact) mass is 715 g/mol. The Kier molecular flexibility index (Phi) is 11.2. The first kappa shape index (κ1) is 35.0. The topological polar surface area (TPSA) is 167 Å². The number of benzene rings is 3. The minimum Gasteiger partial charge on any atom is -0.453 e. The molecule has 13 nitrogen and oxygen atoms in total. The van der Waals surface area contributed by atoms with Gasteiger partial charge in [0.15, 0.2) is 6.10 Å². The number of aliphatic hydroxyl groups excluding tert-OH is 1. The third-order valence-corrected chi connectivity index (χ3v) is 10.3. The molecule has 1 fully saturated rings. The molecule has 48 heavy (non-hydrogen) atoms. The van der Waals surface area contributed by atoms with Crippen LogP contribution in [0.5, 0.6) is 0 Å². The molecule has 0 bridgehead atoms. The fourth-order valence-electron chi connectivity index (χ4n) is 5.19. The fraction of sp³-hybridized carbons (Fsp3) is 0.312. The van der Waals surface area contributed by atoms with Crippen LogP contribution in [0.2, 0.25) is 0 Å². The molecule has 5 rings (SSSR count). The van der Waals surface area contributed by atoms with E-state index >= 15 is 0 Å². The normalized spacial score (nSPS) is 16.7. The van der Waals surface area contributed by atoms with Crippen molar-refractivity contribution in [1.82, 2.24) is 14.6 Å². The van der Waals surface area contributed by atoms with Gasteiger partial charge in [0.1, 0.15) is 0 Å². The number of methoxy groups -OCH3 is 1. The van der Waals surface area contributed by atoms with Gasteiger partial charge < -0.3 is 19.9 Å². The number of nitrogens with zero attached hydrogens (tertiary/aromatic N) is 3. The third-order valence-electron chi connectivity index (χ3n) is 7.57. The van der Waals surface area contributed by atoms with Crippen molar-refractivity contribution in [1.29, 1.82) is 0 Å². The van der Waals surface area contributed by atoms with Gasteiger partial charge in [-0.25, -0.2) is 23.0 Å². The molecular formula is C32H34ClN5O8S2. The number of hydrogen-bond donors (Lipinski definition) is 3. The van der Waals surface area contributed by atoms with Gasteiger partial charge in [-0.3, -0.25) is 15.0 Å².